The number of hydrogen-bond acceptors (Lipinski definition) is 2. The van der Waals surface area contributed by atoms with Gasteiger partial charge in [-0.1, -0.05) is 33.1 Å². The Morgan fingerprint density at radius 2 is 2.00 bits per heavy atom. The summed E-state index contributed by atoms with van der Waals surface area (Å²) >= 11 is 0. The number of nitrogens with zero attached hydrogens (tertiary/aromatic N) is 1. The average Bonchev–Trinajstić information content (AvgIpc) is 2.80. The predicted molar refractivity (Wildman–Crippen MR) is 78.8 cm³/mol. The molecular weight excluding hydrogens is 220 g/mol. The molecular formula is C16H32N2. The molecule has 1 aliphatic heterocycles. The Hall–Kier alpha value is -0.0800. The zero-order valence-electron chi connectivity index (χ0n) is 12.5. The van der Waals surface area contributed by atoms with E-state index in [1.54, 1.807) is 0 Å². The van der Waals surface area contributed by atoms with Gasteiger partial charge in [-0.2, -0.15) is 0 Å². The maximum atomic E-state index is 3.58. The zero-order chi connectivity index (χ0) is 12.8. The summed E-state index contributed by atoms with van der Waals surface area (Å²) in [6, 6.07) is 0. The second-order valence-electron chi connectivity index (χ2n) is 6.64. The first-order chi connectivity index (χ1) is 8.79. The molecule has 0 radical (unpaired) electrons. The molecule has 0 spiro atoms. The molecule has 106 valence electrons. The summed E-state index contributed by atoms with van der Waals surface area (Å²) < 4.78 is 0. The lowest BCUT2D eigenvalue weighted by atomic mass is 9.80. The van der Waals surface area contributed by atoms with Crippen LogP contribution in [0.5, 0.6) is 0 Å². The van der Waals surface area contributed by atoms with E-state index in [2.05, 4.69) is 24.1 Å². The van der Waals surface area contributed by atoms with Crippen LogP contribution in [0.1, 0.15) is 52.4 Å². The first kappa shape index (κ1) is 14.3. The standard InChI is InChI=1S/C16H32N2/c1-3-9-17-11-15-8-10-18(12-15)13-16-7-5-4-6-14(16)2/h14-17H,3-13H2,1-2H3. The lowest BCUT2D eigenvalue weighted by Crippen LogP contribution is -2.33. The summed E-state index contributed by atoms with van der Waals surface area (Å²) in [6.45, 7) is 11.2. The van der Waals surface area contributed by atoms with Crippen molar-refractivity contribution in [3.8, 4) is 0 Å². The molecule has 3 unspecified atom stereocenters. The van der Waals surface area contributed by atoms with Crippen LogP contribution in [0.4, 0.5) is 0 Å². The molecule has 0 bridgehead atoms. The van der Waals surface area contributed by atoms with Crippen molar-refractivity contribution in [3.05, 3.63) is 0 Å². The molecule has 0 aromatic rings. The normalized spacial score (nSPS) is 34.0. The quantitative estimate of drug-likeness (QED) is 0.731. The summed E-state index contributed by atoms with van der Waals surface area (Å²) in [5.74, 6) is 2.87. The molecule has 3 atom stereocenters. The second kappa shape index (κ2) is 7.49. The van der Waals surface area contributed by atoms with Gasteiger partial charge < -0.3 is 10.2 Å². The molecule has 0 amide bonds. The molecule has 1 N–H and O–H groups in total. The summed E-state index contributed by atoms with van der Waals surface area (Å²) in [4.78, 5) is 2.74. The largest absolute Gasteiger partial charge is 0.316 e. The number of nitrogens with one attached hydrogen (secondary N) is 1. The van der Waals surface area contributed by atoms with E-state index in [1.807, 2.05) is 0 Å². The van der Waals surface area contributed by atoms with Crippen molar-refractivity contribution >= 4 is 0 Å². The summed E-state index contributed by atoms with van der Waals surface area (Å²) in [7, 11) is 0. The highest BCUT2D eigenvalue weighted by molar-refractivity contribution is 4.81. The first-order valence-electron chi connectivity index (χ1n) is 8.22. The molecule has 18 heavy (non-hydrogen) atoms. The van der Waals surface area contributed by atoms with Gasteiger partial charge in [-0.25, -0.2) is 0 Å². The van der Waals surface area contributed by atoms with Crippen molar-refractivity contribution < 1.29 is 0 Å². The SMILES string of the molecule is CCCNCC1CCN(CC2CCCCC2C)C1. The van der Waals surface area contributed by atoms with Crippen molar-refractivity contribution in [2.45, 2.75) is 52.4 Å². The van der Waals surface area contributed by atoms with E-state index >= 15 is 0 Å². The Kier molecular flexibility index (Phi) is 5.97. The van der Waals surface area contributed by atoms with Gasteiger partial charge in [0.1, 0.15) is 0 Å². The third-order valence-corrected chi connectivity index (χ3v) is 5.01. The second-order valence-corrected chi connectivity index (χ2v) is 6.64. The maximum Gasteiger partial charge on any atom is 0.00224 e. The lowest BCUT2D eigenvalue weighted by molar-refractivity contribution is 0.177. The smallest absolute Gasteiger partial charge is 0.00224 e. The van der Waals surface area contributed by atoms with Crippen molar-refractivity contribution in [2.24, 2.45) is 17.8 Å². The van der Waals surface area contributed by atoms with E-state index in [0.717, 1.165) is 17.8 Å². The van der Waals surface area contributed by atoms with Crippen molar-refractivity contribution in [1.29, 1.82) is 0 Å². The van der Waals surface area contributed by atoms with Crippen LogP contribution in [0.3, 0.4) is 0 Å². The Balaban J connectivity index is 1.65. The molecule has 0 aromatic heterocycles. The van der Waals surface area contributed by atoms with E-state index in [4.69, 9.17) is 0 Å². The number of hydrogen-bond donors (Lipinski definition) is 1. The van der Waals surface area contributed by atoms with Crippen LogP contribution < -0.4 is 5.32 Å². The minimum Gasteiger partial charge on any atom is -0.316 e. The number of likely N-dealkylation sites (tertiary alicyclic amines) is 1. The highest BCUT2D eigenvalue weighted by Crippen LogP contribution is 2.31. The van der Waals surface area contributed by atoms with Gasteiger partial charge in [0.05, 0.1) is 0 Å². The topological polar surface area (TPSA) is 15.3 Å². The molecule has 1 saturated carbocycles. The molecule has 2 rings (SSSR count). The van der Waals surface area contributed by atoms with Crippen molar-refractivity contribution in [1.82, 2.24) is 10.2 Å². The fourth-order valence-electron chi connectivity index (χ4n) is 3.72. The van der Waals surface area contributed by atoms with Gasteiger partial charge in [-0.3, -0.25) is 0 Å². The van der Waals surface area contributed by atoms with Crippen LogP contribution >= 0.6 is 0 Å². The minimum atomic E-state index is 0.912. The molecule has 2 aliphatic rings. The van der Waals surface area contributed by atoms with Crippen LogP contribution in [0.25, 0.3) is 0 Å². The van der Waals surface area contributed by atoms with Crippen molar-refractivity contribution in [2.75, 3.05) is 32.7 Å². The highest BCUT2D eigenvalue weighted by Gasteiger charge is 2.27. The summed E-state index contributed by atoms with van der Waals surface area (Å²) in [6.07, 6.45) is 8.58. The fraction of sp³-hybridized carbons (Fsp3) is 1.00. The van der Waals surface area contributed by atoms with Crippen LogP contribution in [0.2, 0.25) is 0 Å². The Labute approximate surface area is 114 Å². The molecule has 0 aromatic carbocycles. The predicted octanol–water partition coefficient (Wildman–Crippen LogP) is 3.13. The molecule has 1 saturated heterocycles. The van der Waals surface area contributed by atoms with Crippen LogP contribution in [-0.4, -0.2) is 37.6 Å². The summed E-state index contributed by atoms with van der Waals surface area (Å²) in [5, 5.41) is 3.58. The monoisotopic (exact) mass is 252 g/mol. The van der Waals surface area contributed by atoms with Gasteiger partial charge in [0, 0.05) is 13.1 Å². The molecule has 1 heterocycles. The third-order valence-electron chi connectivity index (χ3n) is 5.01. The zero-order valence-corrected chi connectivity index (χ0v) is 12.5. The van der Waals surface area contributed by atoms with E-state index in [0.29, 0.717) is 0 Å². The molecule has 1 aliphatic carbocycles. The van der Waals surface area contributed by atoms with E-state index in [1.165, 1.54) is 71.2 Å². The van der Waals surface area contributed by atoms with Crippen LogP contribution in [0, 0.1) is 17.8 Å². The first-order valence-corrected chi connectivity index (χ1v) is 8.22. The number of rotatable bonds is 6. The Morgan fingerprint density at radius 3 is 2.78 bits per heavy atom. The van der Waals surface area contributed by atoms with E-state index in [9.17, 15) is 0 Å². The van der Waals surface area contributed by atoms with Gasteiger partial charge in [0.15, 0.2) is 0 Å². The molecule has 2 fully saturated rings. The van der Waals surface area contributed by atoms with Gasteiger partial charge in [0.2, 0.25) is 0 Å². The van der Waals surface area contributed by atoms with Crippen molar-refractivity contribution in [3.63, 3.8) is 0 Å². The van der Waals surface area contributed by atoms with Gasteiger partial charge in [-0.15, -0.1) is 0 Å². The van der Waals surface area contributed by atoms with E-state index < -0.39 is 0 Å². The highest BCUT2D eigenvalue weighted by atomic mass is 15.2. The average molecular weight is 252 g/mol. The van der Waals surface area contributed by atoms with Gasteiger partial charge in [-0.05, 0) is 56.7 Å². The maximum absolute atomic E-state index is 3.58. The van der Waals surface area contributed by atoms with Crippen LogP contribution in [-0.2, 0) is 0 Å². The van der Waals surface area contributed by atoms with Gasteiger partial charge >= 0.3 is 0 Å². The molecule has 2 heteroatoms. The van der Waals surface area contributed by atoms with Crippen LogP contribution in [0.15, 0.2) is 0 Å². The third kappa shape index (κ3) is 4.24. The fourth-order valence-corrected chi connectivity index (χ4v) is 3.72. The molecule has 2 nitrogen and oxygen atoms in total. The summed E-state index contributed by atoms with van der Waals surface area (Å²) in [5.41, 5.74) is 0. The lowest BCUT2D eigenvalue weighted by Gasteiger charge is -2.32. The Morgan fingerprint density at radius 1 is 1.17 bits per heavy atom. The van der Waals surface area contributed by atoms with Gasteiger partial charge in [0.25, 0.3) is 0 Å². The van der Waals surface area contributed by atoms with E-state index in [-0.39, 0.29) is 0 Å². The minimum absolute atomic E-state index is 0.912. The Bertz CT molecular complexity index is 229.